The molecule has 5 nitrogen and oxygen atoms in total. The number of rotatable bonds is 4. The maximum atomic E-state index is 9.18. The van der Waals surface area contributed by atoms with Crippen molar-refractivity contribution in [2.45, 2.75) is 13.5 Å². The smallest absolute Gasteiger partial charge is 0.143 e. The Labute approximate surface area is 124 Å². The lowest BCUT2D eigenvalue weighted by atomic mass is 10.1. The molecule has 5 heteroatoms. The highest BCUT2D eigenvalue weighted by molar-refractivity contribution is 5.66. The minimum absolute atomic E-state index is 0.524. The van der Waals surface area contributed by atoms with Crippen LogP contribution in [-0.4, -0.2) is 11.7 Å². The Hall–Kier alpha value is -2.92. The van der Waals surface area contributed by atoms with E-state index in [0.717, 1.165) is 11.3 Å². The van der Waals surface area contributed by atoms with Gasteiger partial charge in [0, 0.05) is 19.3 Å². The summed E-state index contributed by atoms with van der Waals surface area (Å²) in [4.78, 5) is 0. The first-order valence-electron chi connectivity index (χ1n) is 6.48. The van der Waals surface area contributed by atoms with Crippen LogP contribution in [0.2, 0.25) is 0 Å². The zero-order valence-electron chi connectivity index (χ0n) is 12.3. The summed E-state index contributed by atoms with van der Waals surface area (Å²) >= 11 is 0. The molecule has 1 aromatic heterocycles. The van der Waals surface area contributed by atoms with E-state index in [9.17, 15) is 5.26 Å². The number of benzene rings is 1. The van der Waals surface area contributed by atoms with Crippen LogP contribution in [0.3, 0.4) is 0 Å². The van der Waals surface area contributed by atoms with Crippen LogP contribution in [-0.2, 0) is 13.6 Å². The van der Waals surface area contributed by atoms with Crippen molar-refractivity contribution in [1.29, 1.82) is 10.5 Å². The van der Waals surface area contributed by atoms with Crippen molar-refractivity contribution in [3.05, 3.63) is 46.8 Å². The first-order valence-corrected chi connectivity index (χ1v) is 6.48. The van der Waals surface area contributed by atoms with E-state index in [1.807, 2.05) is 30.7 Å². The normalized spacial score (nSPS) is 9.76. The lowest BCUT2D eigenvalue weighted by Gasteiger charge is -2.12. The maximum Gasteiger partial charge on any atom is 0.143 e. The van der Waals surface area contributed by atoms with Crippen molar-refractivity contribution >= 4 is 5.69 Å². The highest BCUT2D eigenvalue weighted by Crippen LogP contribution is 2.28. The molecule has 0 atom stereocenters. The zero-order chi connectivity index (χ0) is 15.4. The van der Waals surface area contributed by atoms with Crippen molar-refractivity contribution in [3.8, 4) is 17.9 Å². The molecule has 0 radical (unpaired) electrons. The molecular weight excluding hydrogens is 264 g/mol. The van der Waals surface area contributed by atoms with Gasteiger partial charge in [0.1, 0.15) is 23.6 Å². The van der Waals surface area contributed by atoms with Crippen LogP contribution >= 0.6 is 0 Å². The zero-order valence-corrected chi connectivity index (χ0v) is 12.3. The van der Waals surface area contributed by atoms with Crippen LogP contribution in [0.25, 0.3) is 0 Å². The first-order chi connectivity index (χ1) is 10.1. The highest BCUT2D eigenvalue weighted by atomic mass is 16.5. The summed E-state index contributed by atoms with van der Waals surface area (Å²) in [5, 5.41) is 21.5. The summed E-state index contributed by atoms with van der Waals surface area (Å²) < 4.78 is 7.14. The summed E-state index contributed by atoms with van der Waals surface area (Å²) in [6.07, 6.45) is 0. The molecule has 0 bridgehead atoms. The standard InChI is InChI=1S/C16H16N4O/c1-11-13(7-14(9-18)20(11)2)10-19-16-12(8-17)5-4-6-15(16)21-3/h4-7,19H,10H2,1-3H3. The molecule has 0 saturated carbocycles. The molecule has 1 heterocycles. The molecule has 0 aliphatic heterocycles. The Bertz CT molecular complexity index is 747. The number of methoxy groups -OCH3 is 1. The van der Waals surface area contributed by atoms with Crippen molar-refractivity contribution < 1.29 is 4.74 Å². The number of nitrogens with one attached hydrogen (secondary N) is 1. The number of hydrogen-bond acceptors (Lipinski definition) is 4. The molecule has 0 fully saturated rings. The van der Waals surface area contributed by atoms with Crippen molar-refractivity contribution in [3.63, 3.8) is 0 Å². The molecule has 0 aliphatic rings. The van der Waals surface area contributed by atoms with Gasteiger partial charge < -0.3 is 14.6 Å². The number of nitrogens with zero attached hydrogens (tertiary/aromatic N) is 3. The number of para-hydroxylation sites is 1. The van der Waals surface area contributed by atoms with Gasteiger partial charge >= 0.3 is 0 Å². The van der Waals surface area contributed by atoms with E-state index >= 15 is 0 Å². The molecule has 0 amide bonds. The fourth-order valence-electron chi connectivity index (χ4n) is 2.21. The van der Waals surface area contributed by atoms with Gasteiger partial charge in [-0.25, -0.2) is 0 Å². The topological polar surface area (TPSA) is 73.8 Å². The van der Waals surface area contributed by atoms with Gasteiger partial charge in [-0.2, -0.15) is 10.5 Å². The number of hydrogen-bond donors (Lipinski definition) is 1. The molecule has 2 rings (SSSR count). The molecule has 2 aromatic rings. The van der Waals surface area contributed by atoms with Crippen molar-refractivity contribution in [2.24, 2.45) is 7.05 Å². The Balaban J connectivity index is 2.29. The highest BCUT2D eigenvalue weighted by Gasteiger charge is 2.12. The van der Waals surface area contributed by atoms with Gasteiger partial charge in [0.05, 0.1) is 18.4 Å². The average molecular weight is 280 g/mol. The van der Waals surface area contributed by atoms with Crippen LogP contribution in [0.4, 0.5) is 5.69 Å². The van der Waals surface area contributed by atoms with E-state index < -0.39 is 0 Å². The van der Waals surface area contributed by atoms with Crippen LogP contribution < -0.4 is 10.1 Å². The van der Waals surface area contributed by atoms with Crippen molar-refractivity contribution in [2.75, 3.05) is 12.4 Å². The molecule has 0 unspecified atom stereocenters. The van der Waals surface area contributed by atoms with E-state index in [-0.39, 0.29) is 0 Å². The third-order valence-corrected chi connectivity index (χ3v) is 3.58. The lowest BCUT2D eigenvalue weighted by molar-refractivity contribution is 0.416. The Morgan fingerprint density at radius 1 is 1.29 bits per heavy atom. The lowest BCUT2D eigenvalue weighted by Crippen LogP contribution is -2.04. The van der Waals surface area contributed by atoms with Gasteiger partial charge in [0.25, 0.3) is 0 Å². The van der Waals surface area contributed by atoms with Gasteiger partial charge in [-0.1, -0.05) is 6.07 Å². The largest absolute Gasteiger partial charge is 0.495 e. The summed E-state index contributed by atoms with van der Waals surface area (Å²) in [6.45, 7) is 2.49. The molecular formula is C16H16N4O. The molecule has 0 aliphatic carbocycles. The van der Waals surface area contributed by atoms with E-state index in [2.05, 4.69) is 17.5 Å². The summed E-state index contributed by atoms with van der Waals surface area (Å²) in [5.41, 5.74) is 3.86. The molecule has 106 valence electrons. The molecule has 1 aromatic carbocycles. The van der Waals surface area contributed by atoms with E-state index in [1.54, 1.807) is 19.2 Å². The second-order valence-electron chi connectivity index (χ2n) is 4.66. The third-order valence-electron chi connectivity index (χ3n) is 3.58. The van der Waals surface area contributed by atoms with Gasteiger partial charge in [-0.3, -0.25) is 0 Å². The summed E-state index contributed by atoms with van der Waals surface area (Å²) in [5.74, 6) is 0.628. The van der Waals surface area contributed by atoms with Gasteiger partial charge in [-0.15, -0.1) is 0 Å². The third kappa shape index (κ3) is 2.68. The first kappa shape index (κ1) is 14.5. The Morgan fingerprint density at radius 3 is 2.62 bits per heavy atom. The number of anilines is 1. The summed E-state index contributed by atoms with van der Waals surface area (Å²) in [7, 11) is 3.43. The van der Waals surface area contributed by atoms with E-state index in [1.165, 1.54) is 0 Å². The van der Waals surface area contributed by atoms with E-state index in [4.69, 9.17) is 10.00 Å². The van der Waals surface area contributed by atoms with Gasteiger partial charge in [0.15, 0.2) is 0 Å². The fraction of sp³-hybridized carbons (Fsp3) is 0.250. The summed E-state index contributed by atoms with van der Waals surface area (Å²) in [6, 6.07) is 11.5. The molecule has 0 spiro atoms. The quantitative estimate of drug-likeness (QED) is 0.934. The molecule has 21 heavy (non-hydrogen) atoms. The minimum Gasteiger partial charge on any atom is -0.495 e. The fourth-order valence-corrected chi connectivity index (χ4v) is 2.21. The van der Waals surface area contributed by atoms with Crippen LogP contribution in [0.15, 0.2) is 24.3 Å². The van der Waals surface area contributed by atoms with Crippen LogP contribution in [0.5, 0.6) is 5.75 Å². The van der Waals surface area contributed by atoms with Crippen LogP contribution in [0, 0.1) is 29.6 Å². The SMILES string of the molecule is COc1cccc(C#N)c1NCc1cc(C#N)n(C)c1C. The molecule has 1 N–H and O–H groups in total. The van der Waals surface area contributed by atoms with Crippen LogP contribution in [0.1, 0.15) is 22.5 Å². The Kier molecular flexibility index (Phi) is 4.15. The number of nitriles is 2. The second kappa shape index (κ2) is 6.02. The second-order valence-corrected chi connectivity index (χ2v) is 4.66. The number of aromatic nitrogens is 1. The van der Waals surface area contributed by atoms with E-state index in [0.29, 0.717) is 29.2 Å². The number of ether oxygens (including phenoxy) is 1. The van der Waals surface area contributed by atoms with Gasteiger partial charge in [-0.05, 0) is 30.7 Å². The minimum atomic E-state index is 0.524. The predicted molar refractivity (Wildman–Crippen MR) is 79.9 cm³/mol. The Morgan fingerprint density at radius 2 is 2.05 bits per heavy atom. The predicted octanol–water partition coefficient (Wildman–Crippen LogP) is 2.70. The molecule has 0 saturated heterocycles. The average Bonchev–Trinajstić information content (AvgIpc) is 2.80. The van der Waals surface area contributed by atoms with Gasteiger partial charge in [0.2, 0.25) is 0 Å². The van der Waals surface area contributed by atoms with Crippen molar-refractivity contribution in [1.82, 2.24) is 4.57 Å². The maximum absolute atomic E-state index is 9.18. The monoisotopic (exact) mass is 280 g/mol.